The molecule has 1 rings (SSSR count). The van der Waals surface area contributed by atoms with Crippen molar-refractivity contribution in [3.05, 3.63) is 28.2 Å². The normalized spacial score (nSPS) is 10.6. The lowest BCUT2D eigenvalue weighted by atomic mass is 10.1. The highest BCUT2D eigenvalue weighted by atomic mass is 79.9. The Kier molecular flexibility index (Phi) is 9.68. The molecule has 0 aliphatic heterocycles. The lowest BCUT2D eigenvalue weighted by Gasteiger charge is -2.11. The van der Waals surface area contributed by atoms with Crippen LogP contribution in [0.25, 0.3) is 0 Å². The number of rotatable bonds is 11. The summed E-state index contributed by atoms with van der Waals surface area (Å²) in [7, 11) is 0. The molecule has 0 aromatic heterocycles. The van der Waals surface area contributed by atoms with Crippen LogP contribution in [-0.4, -0.2) is 11.5 Å². The minimum Gasteiger partial charge on any atom is -0.389 e. The summed E-state index contributed by atoms with van der Waals surface area (Å²) in [4.78, 5) is 0.445. The Morgan fingerprint density at radius 3 is 2.33 bits per heavy atom. The molecule has 0 amide bonds. The number of hydrogen-bond acceptors (Lipinski definition) is 2. The summed E-state index contributed by atoms with van der Waals surface area (Å²) >= 11 is 8.57. The number of thiocarbonyl (C=S) groups is 1. The van der Waals surface area contributed by atoms with Crippen molar-refractivity contribution in [2.24, 2.45) is 5.73 Å². The fourth-order valence-electron chi connectivity index (χ4n) is 2.36. The van der Waals surface area contributed by atoms with E-state index in [-0.39, 0.29) is 0 Å². The van der Waals surface area contributed by atoms with E-state index in [0.29, 0.717) is 4.99 Å². The van der Waals surface area contributed by atoms with Crippen molar-refractivity contribution < 1.29 is 0 Å². The second kappa shape index (κ2) is 11.0. The van der Waals surface area contributed by atoms with E-state index in [1.165, 1.54) is 51.4 Å². The highest BCUT2D eigenvalue weighted by Gasteiger charge is 2.05. The van der Waals surface area contributed by atoms with Crippen molar-refractivity contribution >= 4 is 38.8 Å². The number of nitrogens with one attached hydrogen (secondary N) is 1. The van der Waals surface area contributed by atoms with E-state index >= 15 is 0 Å². The SMILES string of the molecule is CCCCCCCCCCNc1cc(Br)ccc1C(N)=S. The third-order valence-corrected chi connectivity index (χ3v) is 4.31. The first-order chi connectivity index (χ1) is 10.1. The van der Waals surface area contributed by atoms with Gasteiger partial charge >= 0.3 is 0 Å². The van der Waals surface area contributed by atoms with Crippen molar-refractivity contribution in [3.63, 3.8) is 0 Å². The van der Waals surface area contributed by atoms with Crippen molar-refractivity contribution in [3.8, 4) is 0 Å². The summed E-state index contributed by atoms with van der Waals surface area (Å²) in [6.07, 6.45) is 10.7. The molecule has 0 saturated carbocycles. The van der Waals surface area contributed by atoms with Gasteiger partial charge < -0.3 is 11.1 Å². The van der Waals surface area contributed by atoms with Gasteiger partial charge in [0.25, 0.3) is 0 Å². The first kappa shape index (κ1) is 18.4. The molecule has 21 heavy (non-hydrogen) atoms. The second-order valence-electron chi connectivity index (χ2n) is 5.46. The van der Waals surface area contributed by atoms with Gasteiger partial charge in [0.15, 0.2) is 0 Å². The molecule has 4 heteroatoms. The molecule has 0 unspecified atom stereocenters. The fraction of sp³-hybridized carbons (Fsp3) is 0.588. The monoisotopic (exact) mass is 370 g/mol. The molecule has 0 fully saturated rings. The molecule has 0 heterocycles. The minimum atomic E-state index is 0.445. The topological polar surface area (TPSA) is 38.0 Å². The van der Waals surface area contributed by atoms with Crippen LogP contribution in [0.3, 0.4) is 0 Å². The number of hydrogen-bond donors (Lipinski definition) is 2. The van der Waals surface area contributed by atoms with Gasteiger partial charge in [-0.15, -0.1) is 0 Å². The van der Waals surface area contributed by atoms with Gasteiger partial charge in [-0.3, -0.25) is 0 Å². The highest BCUT2D eigenvalue weighted by Crippen LogP contribution is 2.21. The molecule has 118 valence electrons. The number of anilines is 1. The van der Waals surface area contributed by atoms with E-state index in [9.17, 15) is 0 Å². The van der Waals surface area contributed by atoms with Gasteiger partial charge in [-0.2, -0.15) is 0 Å². The molecular formula is C17H27BrN2S. The molecule has 0 aliphatic rings. The Morgan fingerprint density at radius 1 is 1.10 bits per heavy atom. The van der Waals surface area contributed by atoms with Gasteiger partial charge in [0.2, 0.25) is 0 Å². The van der Waals surface area contributed by atoms with Crippen molar-refractivity contribution in [2.75, 3.05) is 11.9 Å². The first-order valence-corrected chi connectivity index (χ1v) is 9.18. The largest absolute Gasteiger partial charge is 0.389 e. The Hall–Kier alpha value is -0.610. The Balaban J connectivity index is 2.21. The van der Waals surface area contributed by atoms with Crippen LogP contribution in [-0.2, 0) is 0 Å². The number of nitrogens with two attached hydrogens (primary N) is 1. The minimum absolute atomic E-state index is 0.445. The van der Waals surface area contributed by atoms with Crippen molar-refractivity contribution in [2.45, 2.75) is 58.3 Å². The number of halogens is 1. The lowest BCUT2D eigenvalue weighted by molar-refractivity contribution is 0.581. The summed E-state index contributed by atoms with van der Waals surface area (Å²) < 4.78 is 1.04. The smallest absolute Gasteiger partial charge is 0.106 e. The summed E-state index contributed by atoms with van der Waals surface area (Å²) in [6, 6.07) is 5.97. The Labute approximate surface area is 143 Å². The molecule has 0 spiro atoms. The van der Waals surface area contributed by atoms with Crippen LogP contribution in [0.1, 0.15) is 63.9 Å². The third kappa shape index (κ3) is 7.82. The number of unbranched alkanes of at least 4 members (excludes halogenated alkanes) is 7. The zero-order valence-electron chi connectivity index (χ0n) is 13.0. The molecule has 1 aromatic rings. The van der Waals surface area contributed by atoms with Crippen LogP contribution in [0.2, 0.25) is 0 Å². The molecule has 0 radical (unpaired) electrons. The van der Waals surface area contributed by atoms with E-state index in [0.717, 1.165) is 22.3 Å². The van der Waals surface area contributed by atoms with Crippen molar-refractivity contribution in [1.29, 1.82) is 0 Å². The zero-order valence-corrected chi connectivity index (χ0v) is 15.4. The molecule has 2 nitrogen and oxygen atoms in total. The maximum atomic E-state index is 5.75. The van der Waals surface area contributed by atoms with Gasteiger partial charge in [0, 0.05) is 22.3 Å². The predicted octanol–water partition coefficient (Wildman–Crippen LogP) is 5.64. The van der Waals surface area contributed by atoms with E-state index in [1.54, 1.807) is 0 Å². The summed E-state index contributed by atoms with van der Waals surface area (Å²) in [5.74, 6) is 0. The summed E-state index contributed by atoms with van der Waals surface area (Å²) in [5.41, 5.74) is 7.70. The molecular weight excluding hydrogens is 344 g/mol. The van der Waals surface area contributed by atoms with E-state index in [1.807, 2.05) is 18.2 Å². The van der Waals surface area contributed by atoms with Crippen LogP contribution in [0.4, 0.5) is 5.69 Å². The first-order valence-electron chi connectivity index (χ1n) is 7.98. The highest BCUT2D eigenvalue weighted by molar-refractivity contribution is 9.10. The Bertz CT molecular complexity index is 435. The average molecular weight is 371 g/mol. The van der Waals surface area contributed by atoms with Crippen LogP contribution in [0, 0.1) is 0 Å². The van der Waals surface area contributed by atoms with E-state index in [4.69, 9.17) is 18.0 Å². The maximum absolute atomic E-state index is 5.75. The third-order valence-electron chi connectivity index (χ3n) is 3.59. The molecule has 0 saturated heterocycles. The van der Waals surface area contributed by atoms with Crippen LogP contribution in [0.15, 0.2) is 22.7 Å². The standard InChI is InChI=1S/C17H27BrN2S/c1-2-3-4-5-6-7-8-9-12-20-16-13-14(18)10-11-15(16)17(19)21/h10-11,13,20H,2-9,12H2,1H3,(H2,19,21). The molecule has 3 N–H and O–H groups in total. The zero-order chi connectivity index (χ0) is 15.5. The van der Waals surface area contributed by atoms with Crippen molar-refractivity contribution in [1.82, 2.24) is 0 Å². The van der Waals surface area contributed by atoms with Gasteiger partial charge in [-0.25, -0.2) is 0 Å². The molecule has 0 atom stereocenters. The van der Waals surface area contributed by atoms with Gasteiger partial charge in [-0.1, -0.05) is 80.0 Å². The Morgan fingerprint density at radius 2 is 1.71 bits per heavy atom. The van der Waals surface area contributed by atoms with Gasteiger partial charge in [0.1, 0.15) is 4.99 Å². The molecule has 1 aromatic carbocycles. The van der Waals surface area contributed by atoms with Crippen LogP contribution < -0.4 is 11.1 Å². The summed E-state index contributed by atoms with van der Waals surface area (Å²) in [6.45, 7) is 3.23. The van der Waals surface area contributed by atoms with E-state index < -0.39 is 0 Å². The quantitative estimate of drug-likeness (QED) is 0.391. The van der Waals surface area contributed by atoms with Crippen LogP contribution in [0.5, 0.6) is 0 Å². The number of benzene rings is 1. The fourth-order valence-corrected chi connectivity index (χ4v) is 2.90. The average Bonchev–Trinajstić information content (AvgIpc) is 2.45. The molecule has 0 bridgehead atoms. The van der Waals surface area contributed by atoms with Crippen LogP contribution >= 0.6 is 28.1 Å². The van der Waals surface area contributed by atoms with E-state index in [2.05, 4.69) is 28.2 Å². The van der Waals surface area contributed by atoms with Gasteiger partial charge in [-0.05, 0) is 24.6 Å². The maximum Gasteiger partial charge on any atom is 0.106 e. The second-order valence-corrected chi connectivity index (χ2v) is 6.81. The lowest BCUT2D eigenvalue weighted by Crippen LogP contribution is -2.13. The van der Waals surface area contributed by atoms with Gasteiger partial charge in [0.05, 0.1) is 0 Å². The summed E-state index contributed by atoms with van der Waals surface area (Å²) in [5, 5.41) is 3.45. The molecule has 0 aliphatic carbocycles. The predicted molar refractivity (Wildman–Crippen MR) is 101 cm³/mol.